The molecule has 4 aromatic carbocycles. The summed E-state index contributed by atoms with van der Waals surface area (Å²) in [5, 5.41) is 0. The van der Waals surface area contributed by atoms with Crippen LogP contribution >= 0.6 is 0 Å². The third kappa shape index (κ3) is 10.5. The highest BCUT2D eigenvalue weighted by atomic mass is 14.8. The molecule has 11 aromatic rings. The number of nitrogens with zero attached hydrogens (tertiary/aromatic N) is 6. The van der Waals surface area contributed by atoms with E-state index in [2.05, 4.69) is 223 Å². The summed E-state index contributed by atoms with van der Waals surface area (Å²) in [6.45, 7) is 0. The Hall–Kier alpha value is -11.7. The van der Waals surface area contributed by atoms with Crippen LogP contribution in [0.3, 0.4) is 0 Å². The minimum Gasteiger partial charge on any atom is -0.354 e. The van der Waals surface area contributed by atoms with Crippen molar-refractivity contribution in [1.82, 2.24) is 39.9 Å². The number of pyridine rings is 4. The highest BCUT2D eigenvalue weighted by Gasteiger charge is 2.19. The molecule has 0 saturated heterocycles. The lowest BCUT2D eigenvalue weighted by atomic mass is 10.0. The summed E-state index contributed by atoms with van der Waals surface area (Å²) in [6, 6.07) is 57.2. The van der Waals surface area contributed by atoms with Crippen molar-refractivity contribution >= 4 is 46.4 Å². The Balaban J connectivity index is 1.04. The Kier molecular flexibility index (Phi) is 13.1. The van der Waals surface area contributed by atoms with Gasteiger partial charge in [-0.3, -0.25) is 19.9 Å². The van der Waals surface area contributed by atoms with Gasteiger partial charge in [-0.1, -0.05) is 95.9 Å². The lowest BCUT2D eigenvalue weighted by Gasteiger charge is -2.07. The quantitative estimate of drug-likeness (QED) is 0.170. The molecule has 370 valence electrons. The molecule has 0 saturated carbocycles. The van der Waals surface area contributed by atoms with Gasteiger partial charge in [0, 0.05) is 138 Å². The van der Waals surface area contributed by atoms with Gasteiger partial charge in [-0.05, 0) is 168 Å². The molecule has 0 fully saturated rings. The molecule has 8 bridgehead atoms. The number of aromatic nitrogens is 8. The van der Waals surface area contributed by atoms with Crippen molar-refractivity contribution in [2.45, 2.75) is 0 Å². The molecule has 0 atom stereocenters. The third-order valence-electron chi connectivity index (χ3n) is 13.5. The predicted molar refractivity (Wildman–Crippen MR) is 321 cm³/mol. The average molecular weight is 1020 g/mol. The molecular weight excluding hydrogens is 977 g/mol. The number of rotatable bonds is 4. The normalized spacial score (nSPS) is 11.0. The Morgan fingerprint density at radius 2 is 0.463 bits per heavy atom. The maximum atomic E-state index is 5.54. The van der Waals surface area contributed by atoms with Crippen molar-refractivity contribution in [3.8, 4) is 91.9 Å². The Labute approximate surface area is 462 Å². The van der Waals surface area contributed by atoms with Crippen LogP contribution in [0.4, 0.5) is 0 Å². The molecule has 2 N–H and O–H groups in total. The zero-order valence-corrected chi connectivity index (χ0v) is 42.8. The second-order valence-electron chi connectivity index (χ2n) is 18.8. The number of aromatic amines is 2. The molecule has 0 amide bonds. The van der Waals surface area contributed by atoms with E-state index in [1.54, 1.807) is 49.6 Å². The summed E-state index contributed by atoms with van der Waals surface area (Å²) in [5.41, 5.74) is 21.2. The standard InChI is InChI=1S/C72H42N8/c1-5-53(45-73-41-1)13-9-49-17-25-57(26-18-49)69-61-33-35-63(77-61)70(58-27-19-50(20-28-58)10-14-54-6-2-42-74-46-54)65-37-39-67(79-65)72(60-31-23-52(24-32-60)12-16-56-8-4-44-76-48-56)68-40-38-66(80-68)71(64-36-34-62(69)78-64)59-29-21-51(22-30-59)11-15-55-7-3-43-75-47-55/h1-8,17-48,77,80H. The minimum atomic E-state index is 0.795. The summed E-state index contributed by atoms with van der Waals surface area (Å²) in [4.78, 5) is 35.8. The molecular formula is C72H42N8. The number of benzene rings is 4. The molecule has 0 radical (unpaired) electrons. The Morgan fingerprint density at radius 3 is 0.675 bits per heavy atom. The van der Waals surface area contributed by atoms with E-state index in [0.29, 0.717) is 0 Å². The molecule has 9 heterocycles. The molecule has 8 heteroatoms. The molecule has 80 heavy (non-hydrogen) atoms. The van der Waals surface area contributed by atoms with E-state index < -0.39 is 0 Å². The van der Waals surface area contributed by atoms with E-state index in [1.165, 1.54) is 0 Å². The van der Waals surface area contributed by atoms with Gasteiger partial charge in [-0.25, -0.2) is 9.97 Å². The molecule has 0 unspecified atom stereocenters. The van der Waals surface area contributed by atoms with Crippen LogP contribution in [0.2, 0.25) is 0 Å². The number of H-pyrrole nitrogens is 2. The van der Waals surface area contributed by atoms with Crippen molar-refractivity contribution < 1.29 is 0 Å². The summed E-state index contributed by atoms with van der Waals surface area (Å²) in [5.74, 6) is 26.3. The number of hydrogen-bond acceptors (Lipinski definition) is 6. The summed E-state index contributed by atoms with van der Waals surface area (Å²) in [6.07, 6.45) is 22.5. The van der Waals surface area contributed by atoms with Gasteiger partial charge < -0.3 is 9.97 Å². The van der Waals surface area contributed by atoms with Crippen LogP contribution in [0.15, 0.2) is 219 Å². The van der Waals surface area contributed by atoms with Crippen LogP contribution in [0, 0.1) is 47.4 Å². The van der Waals surface area contributed by atoms with Crippen molar-refractivity contribution in [2.24, 2.45) is 0 Å². The monoisotopic (exact) mass is 1020 g/mol. The van der Waals surface area contributed by atoms with E-state index in [9.17, 15) is 0 Å². The molecule has 13 rings (SSSR count). The summed E-state index contributed by atoms with van der Waals surface area (Å²) in [7, 11) is 0. The first-order valence-corrected chi connectivity index (χ1v) is 25.9. The zero-order chi connectivity index (χ0) is 53.5. The van der Waals surface area contributed by atoms with Gasteiger partial charge in [0.05, 0.1) is 22.8 Å². The van der Waals surface area contributed by atoms with E-state index >= 15 is 0 Å². The molecule has 7 aromatic heterocycles. The first-order chi connectivity index (χ1) is 39.6. The van der Waals surface area contributed by atoms with Crippen LogP contribution in [0.25, 0.3) is 90.9 Å². The lowest BCUT2D eigenvalue weighted by Crippen LogP contribution is -1.90. The average Bonchev–Trinajstić information content (AvgIpc) is 4.42. The smallest absolute Gasteiger partial charge is 0.0737 e. The minimum absolute atomic E-state index is 0.795. The van der Waals surface area contributed by atoms with Crippen molar-refractivity contribution in [1.29, 1.82) is 0 Å². The van der Waals surface area contributed by atoms with Gasteiger partial charge in [0.2, 0.25) is 0 Å². The van der Waals surface area contributed by atoms with Gasteiger partial charge in [0.1, 0.15) is 0 Å². The fraction of sp³-hybridized carbons (Fsp3) is 0. The molecule has 8 nitrogen and oxygen atoms in total. The van der Waals surface area contributed by atoms with Gasteiger partial charge in [0.15, 0.2) is 0 Å². The van der Waals surface area contributed by atoms with E-state index in [1.807, 2.05) is 48.5 Å². The van der Waals surface area contributed by atoms with Gasteiger partial charge in [0.25, 0.3) is 0 Å². The maximum absolute atomic E-state index is 5.54. The Morgan fingerprint density at radius 1 is 0.237 bits per heavy atom. The van der Waals surface area contributed by atoms with Crippen LogP contribution < -0.4 is 0 Å². The maximum Gasteiger partial charge on any atom is 0.0737 e. The van der Waals surface area contributed by atoms with Crippen molar-refractivity contribution in [3.63, 3.8) is 0 Å². The third-order valence-corrected chi connectivity index (χ3v) is 13.5. The SMILES string of the molecule is C(#Cc1cccnc1)c1ccc(-c2c3nc(c(-c4ccc(C#Cc5cccnc5)cc4)c4ccc([nH]4)c(-c4ccc(C#Cc5cccnc5)cc4)c4nc(c(-c5ccc(C#Cc6cccnc6)cc5)c5ccc2[nH]5)C=C4)C=C3)cc1. The van der Waals surface area contributed by atoms with Gasteiger partial charge in [-0.2, -0.15) is 0 Å². The topological polar surface area (TPSA) is 109 Å². The highest BCUT2D eigenvalue weighted by Crippen LogP contribution is 2.39. The number of nitrogens with one attached hydrogen (secondary N) is 2. The second kappa shape index (κ2) is 21.9. The van der Waals surface area contributed by atoms with Crippen molar-refractivity contribution in [3.05, 3.63) is 287 Å². The fourth-order valence-corrected chi connectivity index (χ4v) is 9.63. The van der Waals surface area contributed by atoms with E-state index in [0.717, 1.165) is 134 Å². The molecule has 2 aliphatic rings. The molecule has 0 spiro atoms. The number of fused-ring (bicyclic) bond motifs is 8. The molecule has 2 aliphatic heterocycles. The van der Waals surface area contributed by atoms with E-state index in [4.69, 9.17) is 9.97 Å². The summed E-state index contributed by atoms with van der Waals surface area (Å²) >= 11 is 0. The van der Waals surface area contributed by atoms with Crippen LogP contribution in [0.5, 0.6) is 0 Å². The molecule has 0 aliphatic carbocycles. The van der Waals surface area contributed by atoms with Crippen LogP contribution in [-0.2, 0) is 0 Å². The number of hydrogen-bond donors (Lipinski definition) is 2. The largest absolute Gasteiger partial charge is 0.354 e. The summed E-state index contributed by atoms with van der Waals surface area (Å²) < 4.78 is 0. The predicted octanol–water partition coefficient (Wildman–Crippen LogP) is 14.5. The van der Waals surface area contributed by atoms with Crippen LogP contribution in [-0.4, -0.2) is 39.9 Å². The second-order valence-corrected chi connectivity index (χ2v) is 18.8. The zero-order valence-electron chi connectivity index (χ0n) is 42.8. The first kappa shape index (κ1) is 48.0. The highest BCUT2D eigenvalue weighted by molar-refractivity contribution is 6.00. The van der Waals surface area contributed by atoms with Gasteiger partial charge in [-0.15, -0.1) is 0 Å². The first-order valence-electron chi connectivity index (χ1n) is 25.9. The van der Waals surface area contributed by atoms with Gasteiger partial charge >= 0.3 is 0 Å². The fourth-order valence-electron chi connectivity index (χ4n) is 9.63. The van der Waals surface area contributed by atoms with Crippen LogP contribution in [0.1, 0.15) is 67.3 Å². The van der Waals surface area contributed by atoms with Crippen molar-refractivity contribution in [2.75, 3.05) is 0 Å². The Bertz CT molecular complexity index is 4050. The lowest BCUT2D eigenvalue weighted by molar-refractivity contribution is 1.31. The van der Waals surface area contributed by atoms with E-state index in [-0.39, 0.29) is 0 Å².